The Kier molecular flexibility index (Phi) is 3.17. The molecule has 1 aromatic rings. The maximum atomic E-state index is 13.1. The number of carbonyl (C=O) groups is 1. The number of halogens is 1. The second-order valence-electron chi connectivity index (χ2n) is 4.42. The molecule has 98 valence electrons. The molecule has 1 amide bonds. The van der Waals surface area contributed by atoms with E-state index in [-0.39, 0.29) is 5.56 Å². The topological polar surface area (TPSA) is 96.0 Å². The summed E-state index contributed by atoms with van der Waals surface area (Å²) in [6, 6.07) is 4.64. The molecule has 0 radical (unpaired) electrons. The average molecular weight is 263 g/mol. The molecule has 0 bridgehead atoms. The number of nitro benzene ring substituents is 1. The Morgan fingerprint density at radius 1 is 1.53 bits per heavy atom. The summed E-state index contributed by atoms with van der Waals surface area (Å²) in [5, 5.41) is 22.2. The molecule has 7 heteroatoms. The van der Waals surface area contributed by atoms with Crippen LogP contribution >= 0.6 is 0 Å². The molecular formula is C12H10FN3O3. The van der Waals surface area contributed by atoms with E-state index < -0.39 is 27.9 Å². The number of hydrogen-bond donors (Lipinski definition) is 1. The molecule has 1 aromatic carbocycles. The molecule has 0 unspecified atom stereocenters. The Balaban J connectivity index is 2.31. The van der Waals surface area contributed by atoms with Crippen LogP contribution in [0.3, 0.4) is 0 Å². The SMILES string of the molecule is N#CC1(NC(=O)c2cc(F)ccc2[N+](=O)[O-])CCC1. The lowest BCUT2D eigenvalue weighted by Crippen LogP contribution is -2.52. The summed E-state index contributed by atoms with van der Waals surface area (Å²) in [6.45, 7) is 0. The molecule has 0 saturated heterocycles. The highest BCUT2D eigenvalue weighted by Crippen LogP contribution is 2.32. The van der Waals surface area contributed by atoms with E-state index in [0.29, 0.717) is 12.8 Å². The van der Waals surface area contributed by atoms with Crippen molar-refractivity contribution < 1.29 is 14.1 Å². The molecule has 2 rings (SSSR count). The first kappa shape index (κ1) is 13.0. The Hall–Kier alpha value is -2.49. The number of hydrogen-bond acceptors (Lipinski definition) is 4. The molecule has 0 atom stereocenters. The van der Waals surface area contributed by atoms with Crippen molar-refractivity contribution >= 4 is 11.6 Å². The van der Waals surface area contributed by atoms with Crippen LogP contribution in [-0.4, -0.2) is 16.4 Å². The molecule has 0 heterocycles. The van der Waals surface area contributed by atoms with Crippen molar-refractivity contribution in [2.24, 2.45) is 0 Å². The first-order valence-corrected chi connectivity index (χ1v) is 5.65. The summed E-state index contributed by atoms with van der Waals surface area (Å²) in [4.78, 5) is 22.0. The van der Waals surface area contributed by atoms with E-state index in [2.05, 4.69) is 5.32 Å². The third-order valence-electron chi connectivity index (χ3n) is 3.17. The highest BCUT2D eigenvalue weighted by Gasteiger charge is 2.39. The van der Waals surface area contributed by atoms with Gasteiger partial charge in [0.15, 0.2) is 0 Å². The Labute approximate surface area is 108 Å². The van der Waals surface area contributed by atoms with Gasteiger partial charge in [-0.15, -0.1) is 0 Å². The maximum absolute atomic E-state index is 13.1. The Morgan fingerprint density at radius 2 is 2.21 bits per heavy atom. The Bertz CT molecular complexity index is 590. The lowest BCUT2D eigenvalue weighted by atomic mass is 9.78. The van der Waals surface area contributed by atoms with E-state index in [1.165, 1.54) is 0 Å². The number of nitrogens with one attached hydrogen (secondary N) is 1. The zero-order valence-electron chi connectivity index (χ0n) is 9.85. The van der Waals surface area contributed by atoms with Crippen LogP contribution in [0.25, 0.3) is 0 Å². The summed E-state index contributed by atoms with van der Waals surface area (Å²) < 4.78 is 13.1. The lowest BCUT2D eigenvalue weighted by molar-refractivity contribution is -0.385. The zero-order valence-corrected chi connectivity index (χ0v) is 9.85. The van der Waals surface area contributed by atoms with Gasteiger partial charge in [0.2, 0.25) is 0 Å². The van der Waals surface area contributed by atoms with Gasteiger partial charge < -0.3 is 5.32 Å². The molecule has 19 heavy (non-hydrogen) atoms. The van der Waals surface area contributed by atoms with Crippen LogP contribution in [0.2, 0.25) is 0 Å². The molecule has 6 nitrogen and oxygen atoms in total. The third kappa shape index (κ3) is 2.38. The second kappa shape index (κ2) is 4.65. The molecule has 1 aliphatic carbocycles. The number of amides is 1. The van der Waals surface area contributed by atoms with E-state index in [0.717, 1.165) is 24.6 Å². The van der Waals surface area contributed by atoms with E-state index in [1.807, 2.05) is 6.07 Å². The smallest absolute Gasteiger partial charge is 0.282 e. The van der Waals surface area contributed by atoms with Crippen LogP contribution in [0.4, 0.5) is 10.1 Å². The molecule has 0 spiro atoms. The van der Waals surface area contributed by atoms with Crippen molar-refractivity contribution in [3.8, 4) is 6.07 Å². The molecule has 0 aliphatic heterocycles. The fourth-order valence-electron chi connectivity index (χ4n) is 1.93. The van der Waals surface area contributed by atoms with Crippen LogP contribution < -0.4 is 5.32 Å². The quantitative estimate of drug-likeness (QED) is 0.665. The van der Waals surface area contributed by atoms with Crippen LogP contribution in [0.5, 0.6) is 0 Å². The van der Waals surface area contributed by atoms with Crippen LogP contribution in [0.1, 0.15) is 29.6 Å². The van der Waals surface area contributed by atoms with Gasteiger partial charge in [-0.1, -0.05) is 0 Å². The first-order valence-electron chi connectivity index (χ1n) is 5.65. The summed E-state index contributed by atoms with van der Waals surface area (Å²) >= 11 is 0. The van der Waals surface area contributed by atoms with Crippen molar-refractivity contribution in [1.29, 1.82) is 5.26 Å². The highest BCUT2D eigenvalue weighted by molar-refractivity contribution is 5.98. The van der Waals surface area contributed by atoms with Gasteiger partial charge >= 0.3 is 0 Å². The number of benzene rings is 1. The van der Waals surface area contributed by atoms with Gasteiger partial charge in [-0.25, -0.2) is 4.39 Å². The standard InChI is InChI=1S/C12H10FN3O3/c13-8-2-3-10(16(18)19)9(6-8)11(17)15-12(7-14)4-1-5-12/h2-3,6H,1,4-5H2,(H,15,17). The summed E-state index contributed by atoms with van der Waals surface area (Å²) in [5.74, 6) is -1.54. The molecule has 1 N–H and O–H groups in total. The van der Waals surface area contributed by atoms with E-state index in [4.69, 9.17) is 5.26 Å². The first-order chi connectivity index (χ1) is 8.97. The van der Waals surface area contributed by atoms with Gasteiger partial charge in [-0.05, 0) is 31.4 Å². The van der Waals surface area contributed by atoms with Crippen LogP contribution in [0.15, 0.2) is 18.2 Å². The van der Waals surface area contributed by atoms with Gasteiger partial charge in [0.05, 0.1) is 11.0 Å². The number of nitrogens with zero attached hydrogens (tertiary/aromatic N) is 2. The summed E-state index contributed by atoms with van der Waals surface area (Å²) in [6.07, 6.45) is 1.80. The largest absolute Gasteiger partial charge is 0.333 e. The van der Waals surface area contributed by atoms with E-state index >= 15 is 0 Å². The molecular weight excluding hydrogens is 253 g/mol. The van der Waals surface area contributed by atoms with Gasteiger partial charge in [-0.3, -0.25) is 14.9 Å². The van der Waals surface area contributed by atoms with E-state index in [9.17, 15) is 19.3 Å². The van der Waals surface area contributed by atoms with Crippen molar-refractivity contribution in [3.63, 3.8) is 0 Å². The Morgan fingerprint density at radius 3 is 2.68 bits per heavy atom. The average Bonchev–Trinajstić information content (AvgIpc) is 2.33. The minimum Gasteiger partial charge on any atom is -0.333 e. The second-order valence-corrected chi connectivity index (χ2v) is 4.42. The molecule has 1 saturated carbocycles. The van der Waals surface area contributed by atoms with Gasteiger partial charge in [0, 0.05) is 6.07 Å². The predicted octanol–water partition coefficient (Wildman–Crippen LogP) is 1.91. The predicted molar refractivity (Wildman–Crippen MR) is 62.7 cm³/mol. The van der Waals surface area contributed by atoms with Crippen LogP contribution in [-0.2, 0) is 0 Å². The number of nitriles is 1. The normalized spacial score (nSPS) is 16.0. The van der Waals surface area contributed by atoms with Crippen LogP contribution in [0, 0.1) is 27.3 Å². The van der Waals surface area contributed by atoms with Crippen molar-refractivity contribution in [1.82, 2.24) is 5.32 Å². The van der Waals surface area contributed by atoms with E-state index in [1.54, 1.807) is 0 Å². The van der Waals surface area contributed by atoms with Crippen molar-refractivity contribution in [2.75, 3.05) is 0 Å². The monoisotopic (exact) mass is 263 g/mol. The fourth-order valence-corrected chi connectivity index (χ4v) is 1.93. The third-order valence-corrected chi connectivity index (χ3v) is 3.17. The minimum absolute atomic E-state index is 0.369. The van der Waals surface area contributed by atoms with Crippen molar-refractivity contribution in [2.45, 2.75) is 24.8 Å². The maximum Gasteiger partial charge on any atom is 0.282 e. The van der Waals surface area contributed by atoms with Crippen molar-refractivity contribution in [3.05, 3.63) is 39.7 Å². The summed E-state index contributed by atoms with van der Waals surface area (Å²) in [7, 11) is 0. The van der Waals surface area contributed by atoms with Gasteiger partial charge in [-0.2, -0.15) is 5.26 Å². The molecule has 1 fully saturated rings. The summed E-state index contributed by atoms with van der Waals surface area (Å²) in [5.41, 5.74) is -1.82. The fraction of sp³-hybridized carbons (Fsp3) is 0.333. The number of carbonyl (C=O) groups excluding carboxylic acids is 1. The molecule has 1 aliphatic rings. The van der Waals surface area contributed by atoms with Gasteiger partial charge in [0.25, 0.3) is 11.6 Å². The molecule has 0 aromatic heterocycles. The number of rotatable bonds is 3. The zero-order chi connectivity index (χ0) is 14.0. The number of nitro groups is 1. The highest BCUT2D eigenvalue weighted by atomic mass is 19.1. The lowest BCUT2D eigenvalue weighted by Gasteiger charge is -2.35. The van der Waals surface area contributed by atoms with Gasteiger partial charge in [0.1, 0.15) is 16.9 Å². The minimum atomic E-state index is -0.975.